The third kappa shape index (κ3) is 10.6. The van der Waals surface area contributed by atoms with Crippen LogP contribution in [0.2, 0.25) is 36.3 Å². The first kappa shape index (κ1) is 34.5. The predicted octanol–water partition coefficient (Wildman–Crippen LogP) is 9.70. The number of hydrogen-bond donors (Lipinski definition) is 1. The number of carbonyl (C=O) groups is 1. The minimum Gasteiger partial charge on any atom is -0.481 e. The highest BCUT2D eigenvalue weighted by Crippen LogP contribution is 2.41. The zero-order chi connectivity index (χ0) is 29.8. The lowest BCUT2D eigenvalue weighted by Crippen LogP contribution is -2.44. The molecule has 0 saturated carbocycles. The number of aliphatic carboxylic acids is 1. The molecule has 0 radical (unpaired) electrons. The van der Waals surface area contributed by atoms with Crippen molar-refractivity contribution in [2.45, 2.75) is 135 Å². The maximum absolute atomic E-state index is 10.8. The molecule has 0 spiro atoms. The Balaban J connectivity index is 2.21. The monoisotopic (exact) mass is 584 g/mol. The van der Waals surface area contributed by atoms with Crippen molar-refractivity contribution in [2.75, 3.05) is 0 Å². The molecule has 0 fully saturated rings. The van der Waals surface area contributed by atoms with Gasteiger partial charge in [0.25, 0.3) is 0 Å². The smallest absolute Gasteiger partial charge is 0.307 e. The zero-order valence-corrected chi connectivity index (χ0v) is 28.6. The lowest BCUT2D eigenvalue weighted by Gasteiger charge is -2.39. The number of benzene rings is 1. The lowest BCUT2D eigenvalue weighted by molar-refractivity contribution is -0.136. The molecule has 1 N–H and O–H groups in total. The van der Waals surface area contributed by atoms with Crippen LogP contribution in [-0.4, -0.2) is 39.9 Å². The molecule has 2 unspecified atom stereocenters. The third-order valence-corrected chi connectivity index (χ3v) is 18.5. The Hall–Kier alpha value is -1.70. The van der Waals surface area contributed by atoms with Gasteiger partial charge in [0, 0.05) is 12.0 Å². The van der Waals surface area contributed by atoms with Crippen LogP contribution in [0.1, 0.15) is 85.6 Å². The number of carboxylic acids is 1. The molecule has 6 heteroatoms. The van der Waals surface area contributed by atoms with Crippen LogP contribution in [0.5, 0.6) is 0 Å². The maximum Gasteiger partial charge on any atom is 0.307 e. The van der Waals surface area contributed by atoms with Crippen molar-refractivity contribution >= 4 is 22.6 Å². The van der Waals surface area contributed by atoms with E-state index in [-0.39, 0.29) is 23.7 Å². The maximum atomic E-state index is 10.8. The molecule has 0 saturated heterocycles. The van der Waals surface area contributed by atoms with Gasteiger partial charge in [-0.2, -0.15) is 0 Å². The van der Waals surface area contributed by atoms with E-state index in [0.717, 1.165) is 56.7 Å². The van der Waals surface area contributed by atoms with Crippen molar-refractivity contribution in [1.29, 1.82) is 0 Å². The van der Waals surface area contributed by atoms with E-state index < -0.39 is 22.6 Å². The molecule has 0 aliphatic heterocycles. The van der Waals surface area contributed by atoms with Crippen molar-refractivity contribution in [1.82, 2.24) is 0 Å². The zero-order valence-electron chi connectivity index (χ0n) is 26.6. The molecule has 40 heavy (non-hydrogen) atoms. The fraction of sp³-hybridized carbons (Fsp3) is 0.647. The van der Waals surface area contributed by atoms with Crippen molar-refractivity contribution in [3.05, 3.63) is 65.4 Å². The fourth-order valence-electron chi connectivity index (χ4n) is 5.51. The molecule has 2 rings (SSSR count). The Morgan fingerprint density at radius 3 is 2.33 bits per heavy atom. The molecule has 1 aliphatic rings. The van der Waals surface area contributed by atoms with Crippen molar-refractivity contribution in [3.63, 3.8) is 0 Å². The highest BCUT2D eigenvalue weighted by atomic mass is 28.4. The van der Waals surface area contributed by atoms with Gasteiger partial charge < -0.3 is 14.0 Å². The first-order valence-electron chi connectivity index (χ1n) is 15.6. The summed E-state index contributed by atoms with van der Waals surface area (Å²) in [7, 11) is -3.64. The van der Waals surface area contributed by atoms with Crippen molar-refractivity contribution in [2.24, 2.45) is 5.92 Å². The Morgan fingerprint density at radius 2 is 1.75 bits per heavy atom. The van der Waals surface area contributed by atoms with Gasteiger partial charge in [-0.1, -0.05) is 83.5 Å². The van der Waals surface area contributed by atoms with Gasteiger partial charge in [0.05, 0.1) is 12.5 Å². The van der Waals surface area contributed by atoms with Crippen molar-refractivity contribution < 1.29 is 18.8 Å². The van der Waals surface area contributed by atoms with Crippen LogP contribution in [0.4, 0.5) is 0 Å². The summed E-state index contributed by atoms with van der Waals surface area (Å²) in [6.45, 7) is 18.6. The highest BCUT2D eigenvalue weighted by Gasteiger charge is 2.40. The molecule has 4 nitrogen and oxygen atoms in total. The average molecular weight is 585 g/mol. The summed E-state index contributed by atoms with van der Waals surface area (Å²) in [4.78, 5) is 10.8. The van der Waals surface area contributed by atoms with E-state index in [0.29, 0.717) is 5.92 Å². The van der Waals surface area contributed by atoms with Gasteiger partial charge in [0.2, 0.25) is 0 Å². The summed E-state index contributed by atoms with van der Waals surface area (Å²) < 4.78 is 14.1. The van der Waals surface area contributed by atoms with E-state index >= 15 is 0 Å². The number of carboxylic acid groups (broad SMARTS) is 1. The Kier molecular flexibility index (Phi) is 13.9. The van der Waals surface area contributed by atoms with Gasteiger partial charge in [-0.25, -0.2) is 0 Å². The Morgan fingerprint density at radius 1 is 1.10 bits per heavy atom. The van der Waals surface area contributed by atoms with Gasteiger partial charge in [-0.05, 0) is 92.5 Å². The quantitative estimate of drug-likeness (QED) is 0.112. The highest BCUT2D eigenvalue weighted by molar-refractivity contribution is 6.74. The summed E-state index contributed by atoms with van der Waals surface area (Å²) in [6.07, 6.45) is 12.4. The lowest BCUT2D eigenvalue weighted by atomic mass is 9.90. The van der Waals surface area contributed by atoms with Crippen LogP contribution in [0, 0.1) is 5.92 Å². The number of hydrogen-bond acceptors (Lipinski definition) is 3. The van der Waals surface area contributed by atoms with Crippen LogP contribution >= 0.6 is 0 Å². The Bertz CT molecular complexity index is 990. The summed E-state index contributed by atoms with van der Waals surface area (Å²) in [5, 5.41) is 9.06. The SMILES string of the molecule is CC[Si](CC)(CC)OC1CC=C(CCC(Cc2ccccc2)O[Si](C)(C)C(C)(C)C)[C@H]1CCC=C=CCC(=O)O. The normalized spacial score (nSPS) is 18.6. The van der Waals surface area contributed by atoms with Gasteiger partial charge >= 0.3 is 5.97 Å². The van der Waals surface area contributed by atoms with Crippen LogP contribution in [0.15, 0.2) is 59.9 Å². The standard InChI is InChI=1S/C34H56O4Si2/c1-9-40(10-2,11-3)38-32-26-24-29(31(32)21-17-12-13-18-22-33(35)36)23-25-30(27-28-19-15-14-16-20-28)37-39(7,8)34(4,5)6/h12,14-16,18-20,24,30-32H,9-11,17,21-23,25-27H2,1-8H3,(H,35,36)/t13?,30?,31-,32?/m1/s1. The van der Waals surface area contributed by atoms with Crippen LogP contribution in [-0.2, 0) is 20.1 Å². The van der Waals surface area contributed by atoms with Crippen LogP contribution in [0.25, 0.3) is 0 Å². The minimum absolute atomic E-state index is 0.0193. The summed E-state index contributed by atoms with van der Waals surface area (Å²) in [6, 6.07) is 14.3. The Labute approximate surface area is 247 Å². The summed E-state index contributed by atoms with van der Waals surface area (Å²) >= 11 is 0. The molecule has 0 amide bonds. The third-order valence-electron chi connectivity index (χ3n) is 9.33. The van der Waals surface area contributed by atoms with E-state index in [4.69, 9.17) is 14.0 Å². The summed E-state index contributed by atoms with van der Waals surface area (Å²) in [5.41, 5.74) is 5.94. The van der Waals surface area contributed by atoms with E-state index in [2.05, 4.69) is 96.8 Å². The van der Waals surface area contributed by atoms with Gasteiger partial charge in [-0.15, -0.1) is 5.73 Å². The second-order valence-corrected chi connectivity index (χ2v) is 22.5. The van der Waals surface area contributed by atoms with Crippen molar-refractivity contribution in [3.8, 4) is 0 Å². The molecule has 3 atom stereocenters. The van der Waals surface area contributed by atoms with E-state index in [1.54, 1.807) is 6.08 Å². The van der Waals surface area contributed by atoms with Gasteiger partial charge in [0.15, 0.2) is 16.6 Å². The largest absolute Gasteiger partial charge is 0.481 e. The predicted molar refractivity (Wildman–Crippen MR) is 174 cm³/mol. The molecule has 1 aromatic rings. The van der Waals surface area contributed by atoms with E-state index in [1.807, 2.05) is 6.08 Å². The molecule has 0 heterocycles. The molecular formula is C34H56O4Si2. The molecule has 1 aliphatic carbocycles. The molecular weight excluding hydrogens is 529 g/mol. The molecule has 0 aromatic heterocycles. The second-order valence-electron chi connectivity index (χ2n) is 13.0. The van der Waals surface area contributed by atoms with Crippen LogP contribution < -0.4 is 0 Å². The van der Waals surface area contributed by atoms with E-state index in [1.165, 1.54) is 11.1 Å². The molecule has 0 bridgehead atoms. The molecule has 224 valence electrons. The minimum atomic E-state index is -1.91. The average Bonchev–Trinajstić information content (AvgIpc) is 3.28. The van der Waals surface area contributed by atoms with Crippen LogP contribution in [0.3, 0.4) is 0 Å². The van der Waals surface area contributed by atoms with E-state index in [9.17, 15) is 4.79 Å². The first-order valence-corrected chi connectivity index (χ1v) is 21.0. The first-order chi connectivity index (χ1) is 18.9. The fourth-order valence-corrected chi connectivity index (χ4v) is 9.80. The second kappa shape index (κ2) is 16.1. The van der Waals surface area contributed by atoms with Gasteiger partial charge in [0.1, 0.15) is 0 Å². The van der Waals surface area contributed by atoms with Gasteiger partial charge in [-0.3, -0.25) is 4.79 Å². The number of rotatable bonds is 17. The topological polar surface area (TPSA) is 55.8 Å². The summed E-state index contributed by atoms with van der Waals surface area (Å²) in [5.74, 6) is -0.417. The molecule has 1 aromatic carbocycles.